The molecule has 0 aliphatic carbocycles. The molecular weight excluding hydrogens is 334 g/mol. The summed E-state index contributed by atoms with van der Waals surface area (Å²) < 4.78 is 1.78. The number of likely N-dealkylation sites (N-methyl/N-ethyl adjacent to an activating group) is 1. The normalized spacial score (nSPS) is 17.9. The first-order valence-electron chi connectivity index (χ1n) is 8.73. The lowest BCUT2D eigenvalue weighted by atomic mass is 10.2. The topological polar surface area (TPSA) is 96.3 Å². The van der Waals surface area contributed by atoms with Gasteiger partial charge in [-0.25, -0.2) is 4.98 Å². The maximum absolute atomic E-state index is 12.5. The van der Waals surface area contributed by atoms with Crippen molar-refractivity contribution in [1.82, 2.24) is 25.1 Å². The summed E-state index contributed by atoms with van der Waals surface area (Å²) in [5.41, 5.74) is 1.68. The van der Waals surface area contributed by atoms with E-state index in [1.165, 1.54) is 4.90 Å². The largest absolute Gasteiger partial charge is 0.357 e. The van der Waals surface area contributed by atoms with Gasteiger partial charge >= 0.3 is 0 Å². The Morgan fingerprint density at radius 1 is 1.31 bits per heavy atom. The van der Waals surface area contributed by atoms with Crippen LogP contribution in [-0.4, -0.2) is 58.4 Å². The van der Waals surface area contributed by atoms with E-state index < -0.39 is 12.1 Å². The Labute approximate surface area is 151 Å². The van der Waals surface area contributed by atoms with E-state index in [0.29, 0.717) is 13.0 Å². The van der Waals surface area contributed by atoms with Crippen molar-refractivity contribution in [2.45, 2.75) is 31.8 Å². The molecule has 1 aromatic heterocycles. The zero-order chi connectivity index (χ0) is 18.7. The highest BCUT2D eigenvalue weighted by Gasteiger charge is 2.33. The number of nitrogens with zero attached hydrogens (tertiary/aromatic N) is 3. The molecule has 2 N–H and O–H groups in total. The van der Waals surface area contributed by atoms with E-state index in [-0.39, 0.29) is 24.3 Å². The van der Waals surface area contributed by atoms with Crippen LogP contribution in [0.4, 0.5) is 0 Å². The van der Waals surface area contributed by atoms with Crippen LogP contribution in [0.1, 0.15) is 25.8 Å². The number of carbonyl (C=O) groups is 3. The van der Waals surface area contributed by atoms with Gasteiger partial charge in [-0.1, -0.05) is 12.1 Å². The van der Waals surface area contributed by atoms with E-state index in [1.807, 2.05) is 24.3 Å². The summed E-state index contributed by atoms with van der Waals surface area (Å²) in [5.74, 6) is -0.676. The first-order chi connectivity index (χ1) is 12.5. The number of nitrogens with one attached hydrogen (secondary N) is 2. The highest BCUT2D eigenvalue weighted by atomic mass is 16.2. The number of para-hydroxylation sites is 2. The number of imidazole rings is 1. The number of hydrogen-bond acceptors (Lipinski definition) is 4. The molecule has 2 heterocycles. The molecule has 0 saturated carbocycles. The van der Waals surface area contributed by atoms with Crippen LogP contribution < -0.4 is 10.6 Å². The van der Waals surface area contributed by atoms with Crippen molar-refractivity contribution in [1.29, 1.82) is 0 Å². The van der Waals surface area contributed by atoms with Gasteiger partial charge in [0.1, 0.15) is 12.1 Å². The maximum atomic E-state index is 12.5. The van der Waals surface area contributed by atoms with Crippen LogP contribution in [0.3, 0.4) is 0 Å². The van der Waals surface area contributed by atoms with Gasteiger partial charge < -0.3 is 20.1 Å². The predicted octanol–water partition coefficient (Wildman–Crippen LogP) is 0.451. The summed E-state index contributed by atoms with van der Waals surface area (Å²) >= 11 is 0. The van der Waals surface area contributed by atoms with E-state index in [9.17, 15) is 14.4 Å². The van der Waals surface area contributed by atoms with Gasteiger partial charge in [0.15, 0.2) is 0 Å². The van der Waals surface area contributed by atoms with Gasteiger partial charge in [0.25, 0.3) is 0 Å². The van der Waals surface area contributed by atoms with Crippen LogP contribution in [0.5, 0.6) is 0 Å². The lowest BCUT2D eigenvalue weighted by Gasteiger charge is -2.24. The molecule has 2 atom stereocenters. The van der Waals surface area contributed by atoms with Crippen LogP contribution in [0.2, 0.25) is 0 Å². The molecule has 3 amide bonds. The third kappa shape index (κ3) is 3.40. The molecule has 2 unspecified atom stereocenters. The average molecular weight is 357 g/mol. The fourth-order valence-corrected chi connectivity index (χ4v) is 3.33. The minimum atomic E-state index is -0.497. The molecule has 1 saturated heterocycles. The monoisotopic (exact) mass is 357 g/mol. The molecule has 0 spiro atoms. The van der Waals surface area contributed by atoms with Crippen molar-refractivity contribution in [3.63, 3.8) is 0 Å². The van der Waals surface area contributed by atoms with Gasteiger partial charge in [-0.3, -0.25) is 14.4 Å². The molecule has 138 valence electrons. The number of aromatic nitrogens is 2. The highest BCUT2D eigenvalue weighted by Crippen LogP contribution is 2.18. The van der Waals surface area contributed by atoms with Crippen LogP contribution in [0, 0.1) is 0 Å². The summed E-state index contributed by atoms with van der Waals surface area (Å²) in [7, 11) is 1.56. The first kappa shape index (κ1) is 17.9. The Balaban J connectivity index is 1.61. The number of hydrogen-bond donors (Lipinski definition) is 2. The Morgan fingerprint density at radius 2 is 2.08 bits per heavy atom. The fourth-order valence-electron chi connectivity index (χ4n) is 3.33. The van der Waals surface area contributed by atoms with E-state index >= 15 is 0 Å². The maximum Gasteiger partial charge on any atom is 0.243 e. The summed E-state index contributed by atoms with van der Waals surface area (Å²) in [5, 5.41) is 5.26. The lowest BCUT2D eigenvalue weighted by molar-refractivity contribution is -0.138. The Morgan fingerprint density at radius 3 is 2.85 bits per heavy atom. The number of likely N-dealkylation sites (tertiary alicyclic amines) is 1. The zero-order valence-electron chi connectivity index (χ0n) is 14.9. The lowest BCUT2D eigenvalue weighted by Crippen LogP contribution is -2.48. The SMILES string of the molecule is CNC(=O)C1CCCN1C(=O)CNC(=O)C(C)n1cnc2ccccc21. The third-order valence-corrected chi connectivity index (χ3v) is 4.81. The Hall–Kier alpha value is -2.90. The second kappa shape index (κ2) is 7.55. The van der Waals surface area contributed by atoms with Crippen molar-refractivity contribution in [3.8, 4) is 0 Å². The smallest absolute Gasteiger partial charge is 0.243 e. The van der Waals surface area contributed by atoms with E-state index in [0.717, 1.165) is 17.5 Å². The molecule has 0 radical (unpaired) electrons. The number of rotatable bonds is 5. The van der Waals surface area contributed by atoms with Crippen molar-refractivity contribution < 1.29 is 14.4 Å². The average Bonchev–Trinajstić information content (AvgIpc) is 3.31. The second-order valence-corrected chi connectivity index (χ2v) is 6.39. The van der Waals surface area contributed by atoms with Gasteiger partial charge in [-0.05, 0) is 31.9 Å². The minimum Gasteiger partial charge on any atom is -0.357 e. The predicted molar refractivity (Wildman–Crippen MR) is 96.3 cm³/mol. The number of carbonyl (C=O) groups excluding carboxylic acids is 3. The van der Waals surface area contributed by atoms with Crippen molar-refractivity contribution in [2.24, 2.45) is 0 Å². The first-order valence-corrected chi connectivity index (χ1v) is 8.73. The van der Waals surface area contributed by atoms with Crippen LogP contribution in [0.15, 0.2) is 30.6 Å². The van der Waals surface area contributed by atoms with Gasteiger partial charge in [-0.15, -0.1) is 0 Å². The molecule has 8 heteroatoms. The zero-order valence-corrected chi connectivity index (χ0v) is 14.9. The molecule has 3 rings (SSSR count). The Kier molecular flexibility index (Phi) is 5.20. The summed E-state index contributed by atoms with van der Waals surface area (Å²) in [6, 6.07) is 6.62. The van der Waals surface area contributed by atoms with E-state index in [4.69, 9.17) is 0 Å². The molecule has 0 bridgehead atoms. The fraction of sp³-hybridized carbons (Fsp3) is 0.444. The van der Waals surface area contributed by atoms with Crippen LogP contribution in [0.25, 0.3) is 11.0 Å². The minimum absolute atomic E-state index is 0.122. The van der Waals surface area contributed by atoms with Gasteiger partial charge in [0.05, 0.1) is 23.9 Å². The second-order valence-electron chi connectivity index (χ2n) is 6.39. The molecule has 1 aliphatic rings. The van der Waals surface area contributed by atoms with Crippen LogP contribution >= 0.6 is 0 Å². The van der Waals surface area contributed by atoms with E-state index in [2.05, 4.69) is 15.6 Å². The van der Waals surface area contributed by atoms with Gasteiger partial charge in [0.2, 0.25) is 17.7 Å². The number of amides is 3. The highest BCUT2D eigenvalue weighted by molar-refractivity contribution is 5.91. The third-order valence-electron chi connectivity index (χ3n) is 4.81. The number of benzene rings is 1. The van der Waals surface area contributed by atoms with Crippen LogP contribution in [-0.2, 0) is 14.4 Å². The quantitative estimate of drug-likeness (QED) is 0.812. The molecular formula is C18H23N5O3. The Bertz CT molecular complexity index is 831. The molecule has 2 aromatic rings. The van der Waals surface area contributed by atoms with Gasteiger partial charge in [-0.2, -0.15) is 0 Å². The molecule has 1 aromatic carbocycles. The van der Waals surface area contributed by atoms with Gasteiger partial charge in [0, 0.05) is 13.6 Å². The summed E-state index contributed by atoms with van der Waals surface area (Å²) in [6.07, 6.45) is 3.06. The standard InChI is InChI=1S/C18H23N5O3/c1-12(23-11-21-13-6-3-4-7-14(13)23)17(25)20-10-16(24)22-9-5-8-15(22)18(26)19-2/h3-4,6-7,11-12,15H,5,8-10H2,1-2H3,(H,19,26)(H,20,25). The van der Waals surface area contributed by atoms with Crippen molar-refractivity contribution in [2.75, 3.05) is 20.1 Å². The van der Waals surface area contributed by atoms with E-state index in [1.54, 1.807) is 24.9 Å². The number of fused-ring (bicyclic) bond motifs is 1. The van der Waals surface area contributed by atoms with Crippen molar-refractivity contribution >= 4 is 28.8 Å². The molecule has 1 aliphatic heterocycles. The molecule has 26 heavy (non-hydrogen) atoms. The van der Waals surface area contributed by atoms with Crippen molar-refractivity contribution in [3.05, 3.63) is 30.6 Å². The molecule has 1 fully saturated rings. The molecule has 8 nitrogen and oxygen atoms in total. The summed E-state index contributed by atoms with van der Waals surface area (Å²) in [4.78, 5) is 42.6. The summed E-state index contributed by atoms with van der Waals surface area (Å²) in [6.45, 7) is 2.18.